The number of ether oxygens (including phenoxy) is 2. The Morgan fingerprint density at radius 2 is 1.76 bits per heavy atom. The summed E-state index contributed by atoms with van der Waals surface area (Å²) in [6, 6.07) is 8.10. The molecule has 2 aliphatic rings. The Balaban J connectivity index is 1.87. The Kier molecular flexibility index (Phi) is 9.49. The van der Waals surface area contributed by atoms with Crippen molar-refractivity contribution in [3.63, 3.8) is 0 Å². The molecule has 8 nitrogen and oxygen atoms in total. The van der Waals surface area contributed by atoms with Crippen LogP contribution < -0.4 is 10.1 Å². The summed E-state index contributed by atoms with van der Waals surface area (Å²) in [6.07, 6.45) is 0.346. The third-order valence-corrected chi connectivity index (χ3v) is 11.6. The van der Waals surface area contributed by atoms with E-state index in [4.69, 9.17) is 14.5 Å². The smallest absolute Gasteiger partial charge is 0.416 e. The third kappa shape index (κ3) is 6.41. The average molecular weight is 649 g/mol. The summed E-state index contributed by atoms with van der Waals surface area (Å²) >= 11 is 0. The number of nitrogens with zero attached hydrogens (tertiary/aromatic N) is 2. The molecule has 3 heterocycles. The molecule has 2 aliphatic heterocycles. The van der Waals surface area contributed by atoms with E-state index in [1.165, 1.54) is 32.4 Å². The first-order valence-corrected chi connectivity index (χ1v) is 17.0. The second-order valence-electron chi connectivity index (χ2n) is 12.4. The van der Waals surface area contributed by atoms with Gasteiger partial charge in [0.25, 0.3) is 0 Å². The lowest BCUT2D eigenvalue weighted by molar-refractivity contribution is -0.968. The summed E-state index contributed by atoms with van der Waals surface area (Å²) < 4.78 is 80.1. The minimum atomic E-state index is -4.59. The zero-order valence-electron chi connectivity index (χ0n) is 26.2. The predicted molar refractivity (Wildman–Crippen MR) is 166 cm³/mol. The van der Waals surface area contributed by atoms with Crippen LogP contribution in [0.2, 0.25) is 0 Å². The summed E-state index contributed by atoms with van der Waals surface area (Å²) in [7, 11) is -1.27. The highest BCUT2D eigenvalue weighted by Crippen LogP contribution is 2.41. The van der Waals surface area contributed by atoms with Crippen molar-refractivity contribution in [3.05, 3.63) is 53.1 Å². The number of methoxy groups -OCH3 is 2. The SMILES string of the molecule is COC(=O)c1c(C[N+]2(C3CCNCC3)CCCCC2)c(-c2cccc(C(F)(F)F)c2)nc2cc(OC)c(S(=O)(=O)C(C)C)cc12. The summed E-state index contributed by atoms with van der Waals surface area (Å²) in [5.74, 6) is -0.666. The number of pyridine rings is 1. The number of hydrogen-bond acceptors (Lipinski definition) is 7. The molecule has 3 aromatic rings. The maximum Gasteiger partial charge on any atom is 0.416 e. The van der Waals surface area contributed by atoms with Crippen LogP contribution in [-0.4, -0.2) is 75.5 Å². The Labute approximate surface area is 262 Å². The minimum absolute atomic E-state index is 0.0384. The van der Waals surface area contributed by atoms with Crippen LogP contribution in [0, 0.1) is 0 Å². The van der Waals surface area contributed by atoms with Crippen LogP contribution in [0.1, 0.15) is 67.4 Å². The number of fused-ring (bicyclic) bond motifs is 1. The second-order valence-corrected chi connectivity index (χ2v) is 14.8. The molecule has 5 rings (SSSR count). The molecule has 1 aromatic heterocycles. The van der Waals surface area contributed by atoms with Crippen molar-refractivity contribution >= 4 is 26.7 Å². The van der Waals surface area contributed by atoms with E-state index in [0.717, 1.165) is 70.4 Å². The van der Waals surface area contributed by atoms with Gasteiger partial charge in [0.15, 0.2) is 9.84 Å². The van der Waals surface area contributed by atoms with E-state index < -0.39 is 32.8 Å². The van der Waals surface area contributed by atoms with Gasteiger partial charge in [-0.05, 0) is 51.3 Å². The normalized spacial score (nSPS) is 17.9. The van der Waals surface area contributed by atoms with Crippen molar-refractivity contribution in [1.29, 1.82) is 0 Å². The highest BCUT2D eigenvalue weighted by molar-refractivity contribution is 7.92. The monoisotopic (exact) mass is 648 g/mol. The molecule has 0 spiro atoms. The molecule has 0 unspecified atom stereocenters. The van der Waals surface area contributed by atoms with E-state index in [0.29, 0.717) is 16.6 Å². The Morgan fingerprint density at radius 3 is 2.36 bits per heavy atom. The second kappa shape index (κ2) is 12.9. The zero-order chi connectivity index (χ0) is 32.6. The number of sulfone groups is 1. The number of hydrogen-bond donors (Lipinski definition) is 1. The van der Waals surface area contributed by atoms with E-state index in [1.54, 1.807) is 19.9 Å². The first-order valence-electron chi connectivity index (χ1n) is 15.4. The molecule has 0 atom stereocenters. The first-order chi connectivity index (χ1) is 21.3. The number of alkyl halides is 3. The molecule has 1 N–H and O–H groups in total. The standard InChI is InChI=1S/C33H41F3N3O5S/c1-21(2)45(41,42)29-18-25-27(19-28(29)43-3)38-31(22-9-8-10-23(17-22)33(34,35)36)26(30(25)32(40)44-4)20-39(15-6-5-7-16-39)24-11-13-37-14-12-24/h8-10,17-19,21,24,37H,5-7,11-16,20H2,1-4H3/q+1. The maximum absolute atomic E-state index is 13.9. The highest BCUT2D eigenvalue weighted by atomic mass is 32.2. The van der Waals surface area contributed by atoms with Gasteiger partial charge >= 0.3 is 12.1 Å². The van der Waals surface area contributed by atoms with E-state index in [1.807, 2.05) is 0 Å². The largest absolute Gasteiger partial charge is 0.495 e. The number of nitrogens with one attached hydrogen (secondary N) is 1. The summed E-state index contributed by atoms with van der Waals surface area (Å²) in [4.78, 5) is 18.6. The van der Waals surface area contributed by atoms with Gasteiger partial charge in [-0.25, -0.2) is 18.2 Å². The molecule has 12 heteroatoms. The van der Waals surface area contributed by atoms with Crippen LogP contribution in [0.4, 0.5) is 13.2 Å². The molecule has 0 amide bonds. The number of esters is 1. The molecular weight excluding hydrogens is 607 g/mol. The predicted octanol–water partition coefficient (Wildman–Crippen LogP) is 6.15. The number of likely N-dealkylation sites (tertiary alicyclic amines) is 1. The van der Waals surface area contributed by atoms with Crippen LogP contribution in [-0.2, 0) is 27.3 Å². The molecule has 45 heavy (non-hydrogen) atoms. The fourth-order valence-electron chi connectivity index (χ4n) is 6.98. The van der Waals surface area contributed by atoms with Gasteiger partial charge in [-0.3, -0.25) is 0 Å². The number of benzene rings is 2. The van der Waals surface area contributed by atoms with Crippen molar-refractivity contribution in [2.75, 3.05) is 40.4 Å². The lowest BCUT2D eigenvalue weighted by Gasteiger charge is -2.49. The molecular formula is C33H41F3N3O5S+. The maximum atomic E-state index is 13.9. The molecule has 2 aromatic carbocycles. The van der Waals surface area contributed by atoms with Gasteiger partial charge in [0.05, 0.1) is 60.9 Å². The third-order valence-electron chi connectivity index (χ3n) is 9.41. The lowest BCUT2D eigenvalue weighted by Crippen LogP contribution is -2.60. The van der Waals surface area contributed by atoms with E-state index in [9.17, 15) is 26.4 Å². The Morgan fingerprint density at radius 1 is 1.07 bits per heavy atom. The van der Waals surface area contributed by atoms with Gasteiger partial charge in [-0.15, -0.1) is 0 Å². The number of carbonyl (C=O) groups excluding carboxylic acids is 1. The Hall–Kier alpha value is -3.22. The van der Waals surface area contributed by atoms with E-state index in [-0.39, 0.29) is 44.4 Å². The van der Waals surface area contributed by atoms with Gasteiger partial charge in [-0.1, -0.05) is 12.1 Å². The fourth-order valence-corrected chi connectivity index (χ4v) is 8.19. The van der Waals surface area contributed by atoms with Gasteiger partial charge in [0.2, 0.25) is 0 Å². The topological polar surface area (TPSA) is 94.6 Å². The molecule has 244 valence electrons. The summed E-state index contributed by atoms with van der Waals surface area (Å²) in [6.45, 7) is 6.92. The fraction of sp³-hybridized carbons (Fsp3) is 0.515. The van der Waals surface area contributed by atoms with Crippen molar-refractivity contribution in [3.8, 4) is 17.0 Å². The summed E-state index contributed by atoms with van der Waals surface area (Å²) in [5.41, 5.74) is 0.432. The Bertz CT molecular complexity index is 1680. The van der Waals surface area contributed by atoms with Crippen LogP contribution in [0.15, 0.2) is 41.3 Å². The summed E-state index contributed by atoms with van der Waals surface area (Å²) in [5, 5.41) is 2.91. The average Bonchev–Trinajstić information content (AvgIpc) is 3.03. The number of quaternary nitrogens is 1. The van der Waals surface area contributed by atoms with Crippen LogP contribution in [0.3, 0.4) is 0 Å². The van der Waals surface area contributed by atoms with Gasteiger partial charge in [0, 0.05) is 48.5 Å². The molecule has 0 aliphatic carbocycles. The number of aromatic nitrogens is 1. The molecule has 0 saturated carbocycles. The van der Waals surface area contributed by atoms with Crippen LogP contribution >= 0.6 is 0 Å². The molecule has 2 saturated heterocycles. The van der Waals surface area contributed by atoms with E-state index in [2.05, 4.69) is 5.32 Å². The minimum Gasteiger partial charge on any atom is -0.495 e. The number of carbonyl (C=O) groups is 1. The van der Waals surface area contributed by atoms with Gasteiger partial charge in [0.1, 0.15) is 17.2 Å². The van der Waals surface area contributed by atoms with Crippen molar-refractivity contribution in [2.24, 2.45) is 0 Å². The quantitative estimate of drug-likeness (QED) is 0.231. The van der Waals surface area contributed by atoms with Crippen LogP contribution in [0.25, 0.3) is 22.2 Å². The van der Waals surface area contributed by atoms with Crippen molar-refractivity contribution in [1.82, 2.24) is 10.3 Å². The number of rotatable bonds is 8. The highest BCUT2D eigenvalue weighted by Gasteiger charge is 2.42. The van der Waals surface area contributed by atoms with Gasteiger partial charge in [-0.2, -0.15) is 13.2 Å². The molecule has 0 radical (unpaired) electrons. The number of piperidine rings is 2. The zero-order valence-corrected chi connectivity index (χ0v) is 27.0. The van der Waals surface area contributed by atoms with Crippen molar-refractivity contribution in [2.45, 2.75) is 74.9 Å². The van der Waals surface area contributed by atoms with E-state index >= 15 is 0 Å². The van der Waals surface area contributed by atoms with Gasteiger partial charge < -0.3 is 19.3 Å². The van der Waals surface area contributed by atoms with Crippen LogP contribution in [0.5, 0.6) is 5.75 Å². The molecule has 2 fully saturated rings. The van der Waals surface area contributed by atoms with Crippen molar-refractivity contribution < 1.29 is 40.3 Å². The molecule has 0 bridgehead atoms. The lowest BCUT2D eigenvalue weighted by atomic mass is 9.90. The number of halogens is 3. The first kappa shape index (κ1) is 33.2.